The van der Waals surface area contributed by atoms with Crippen molar-refractivity contribution < 1.29 is 33.8 Å². The van der Waals surface area contributed by atoms with Gasteiger partial charge in [0.1, 0.15) is 17.1 Å². The van der Waals surface area contributed by atoms with Crippen LogP contribution < -0.4 is 21.4 Å². The number of methoxy groups -OCH3 is 2. The van der Waals surface area contributed by atoms with Gasteiger partial charge < -0.3 is 30.5 Å². The molecule has 0 aliphatic carbocycles. The Morgan fingerprint density at radius 2 is 1.54 bits per heavy atom. The minimum Gasteiger partial charge on any atom is -0.453 e. The van der Waals surface area contributed by atoms with Gasteiger partial charge in [-0.2, -0.15) is 0 Å². The number of hydrogen-bond donors (Lipinski definition) is 5. The quantitative estimate of drug-likeness (QED) is 0.136. The van der Waals surface area contributed by atoms with Crippen LogP contribution in [0.5, 0.6) is 0 Å². The maximum Gasteiger partial charge on any atom is 0.407 e. The zero-order valence-corrected chi connectivity index (χ0v) is 30.6. The van der Waals surface area contributed by atoms with Crippen molar-refractivity contribution in [1.82, 2.24) is 31.4 Å². The smallest absolute Gasteiger partial charge is 0.407 e. The first-order chi connectivity index (χ1) is 23.7. The van der Waals surface area contributed by atoms with Gasteiger partial charge in [-0.05, 0) is 28.9 Å². The normalized spacial score (nSPS) is 14.4. The van der Waals surface area contributed by atoms with Crippen LogP contribution in [0.25, 0.3) is 10.6 Å². The predicted octanol–water partition coefficient (Wildman–Crippen LogP) is 4.27. The van der Waals surface area contributed by atoms with Crippen LogP contribution in [0.1, 0.15) is 52.2 Å². The van der Waals surface area contributed by atoms with E-state index in [1.807, 2.05) is 94.6 Å². The number of aromatic nitrogens is 1. The molecule has 1 heterocycles. The lowest BCUT2D eigenvalue weighted by Crippen LogP contribution is -2.60. The van der Waals surface area contributed by atoms with Crippen molar-refractivity contribution >= 4 is 35.3 Å². The van der Waals surface area contributed by atoms with Crippen molar-refractivity contribution in [3.05, 3.63) is 77.3 Å². The Kier molecular flexibility index (Phi) is 15.2. The molecule has 5 N–H and O–H groups in total. The molecular formula is C36H50N6O7S. The van der Waals surface area contributed by atoms with Gasteiger partial charge in [-0.25, -0.2) is 19.6 Å². The number of carbonyl (C=O) groups is 4. The maximum absolute atomic E-state index is 13.8. The first kappa shape index (κ1) is 39.9. The van der Waals surface area contributed by atoms with E-state index in [2.05, 4.69) is 26.4 Å². The minimum atomic E-state index is -1.20. The Morgan fingerprint density at radius 3 is 2.10 bits per heavy atom. The Balaban J connectivity index is 1.94. The van der Waals surface area contributed by atoms with Crippen LogP contribution >= 0.6 is 11.3 Å². The van der Waals surface area contributed by atoms with Crippen LogP contribution in [0.2, 0.25) is 0 Å². The molecule has 13 nitrogen and oxygen atoms in total. The Bertz CT molecular complexity index is 1520. The molecular weight excluding hydrogens is 660 g/mol. The lowest BCUT2D eigenvalue weighted by molar-refractivity contribution is -0.132. The van der Waals surface area contributed by atoms with Gasteiger partial charge in [0.2, 0.25) is 5.91 Å². The maximum atomic E-state index is 13.8. The third-order valence-electron chi connectivity index (χ3n) is 8.30. The number of carbonyl (C=O) groups excluding carboxylic acids is 4. The molecule has 0 aliphatic heterocycles. The number of hydrazine groups is 1. The molecule has 1 aromatic heterocycles. The van der Waals surface area contributed by atoms with Gasteiger partial charge in [0.15, 0.2) is 0 Å². The van der Waals surface area contributed by atoms with Crippen molar-refractivity contribution in [2.24, 2.45) is 11.3 Å². The highest BCUT2D eigenvalue weighted by molar-refractivity contribution is 7.13. The summed E-state index contributed by atoms with van der Waals surface area (Å²) in [6.07, 6.45) is -0.101. The molecule has 0 saturated carbocycles. The molecule has 3 aromatic rings. The molecule has 3 rings (SSSR count). The van der Waals surface area contributed by atoms with Gasteiger partial charge in [-0.1, -0.05) is 95.6 Å². The number of rotatable bonds is 16. The summed E-state index contributed by atoms with van der Waals surface area (Å²) < 4.78 is 9.53. The van der Waals surface area contributed by atoms with Crippen LogP contribution in [0.3, 0.4) is 0 Å². The second-order valence-electron chi connectivity index (χ2n) is 13.2. The fraction of sp³-hybridized carbons (Fsp3) is 0.472. The lowest BCUT2D eigenvalue weighted by Gasteiger charge is -2.35. The first-order valence-electron chi connectivity index (χ1n) is 16.5. The van der Waals surface area contributed by atoms with Crippen molar-refractivity contribution in [3.63, 3.8) is 0 Å². The molecule has 4 amide bonds. The molecule has 0 spiro atoms. The minimum absolute atomic E-state index is 0.106. The van der Waals surface area contributed by atoms with E-state index in [1.54, 1.807) is 11.2 Å². The number of nitrogens with zero attached hydrogens (tertiary/aromatic N) is 2. The molecule has 0 bridgehead atoms. The fourth-order valence-corrected chi connectivity index (χ4v) is 5.87. The number of nitrogens with one attached hydrogen (secondary N) is 4. The van der Waals surface area contributed by atoms with Gasteiger partial charge in [0.05, 0.1) is 26.4 Å². The Labute approximate surface area is 298 Å². The summed E-state index contributed by atoms with van der Waals surface area (Å²) in [4.78, 5) is 56.1. The third-order valence-corrected chi connectivity index (χ3v) is 9.13. The summed E-state index contributed by atoms with van der Waals surface area (Å²) in [7, 11) is 2.45. The number of hydrogen-bond acceptors (Lipinski definition) is 10. The number of aliphatic hydroxyl groups is 1. The zero-order chi connectivity index (χ0) is 36.8. The van der Waals surface area contributed by atoms with E-state index in [9.17, 15) is 24.3 Å². The lowest BCUT2D eigenvalue weighted by atomic mass is 9.86. The third kappa shape index (κ3) is 12.1. The van der Waals surface area contributed by atoms with E-state index in [4.69, 9.17) is 9.47 Å². The fourth-order valence-electron chi connectivity index (χ4n) is 5.23. The molecule has 272 valence electrons. The second-order valence-corrected chi connectivity index (χ2v) is 14.1. The number of benzene rings is 2. The summed E-state index contributed by atoms with van der Waals surface area (Å²) in [6, 6.07) is 14.3. The van der Waals surface area contributed by atoms with Crippen LogP contribution in [0, 0.1) is 11.3 Å². The summed E-state index contributed by atoms with van der Waals surface area (Å²) in [5.41, 5.74) is 4.83. The summed E-state index contributed by atoms with van der Waals surface area (Å²) in [5.74, 6) is -1.23. The van der Waals surface area contributed by atoms with Gasteiger partial charge in [0, 0.05) is 30.2 Å². The van der Waals surface area contributed by atoms with E-state index in [0.717, 1.165) is 21.7 Å². The molecule has 2 aromatic carbocycles. The molecule has 0 fully saturated rings. The topological polar surface area (TPSA) is 171 Å². The summed E-state index contributed by atoms with van der Waals surface area (Å²) >= 11 is 1.52. The summed E-state index contributed by atoms with van der Waals surface area (Å²) in [6.45, 7) is 9.26. The molecule has 5 unspecified atom stereocenters. The predicted molar refractivity (Wildman–Crippen MR) is 192 cm³/mol. The standard InChI is InChI=1S/C36H50N6O7S/c1-8-23(2)29(39-34(46)48-6)31(44)38-27(20-24-12-10-9-11-13-24)28(43)22-42(41-32(45)30(36(3,4)5)40-35(47)49-7)21-25-14-16-26(17-15-25)33-37-18-19-50-33/h9-19,23,27-30,43H,8,20-22H2,1-7H3,(H,38,44)(H,39,46)(H,40,47)(H,41,45). The number of thiazole rings is 1. The van der Waals surface area contributed by atoms with E-state index < -0.39 is 53.6 Å². The van der Waals surface area contributed by atoms with Gasteiger partial charge in [0.25, 0.3) is 5.91 Å². The SMILES string of the molecule is CCC(C)C(NC(=O)OC)C(=O)NC(Cc1ccccc1)C(O)CN(Cc1ccc(-c2nccs2)cc1)NC(=O)C(NC(=O)OC)C(C)(C)C. The van der Waals surface area contributed by atoms with E-state index >= 15 is 0 Å². The van der Waals surface area contributed by atoms with E-state index in [1.165, 1.54) is 25.6 Å². The second kappa shape index (κ2) is 19.0. The van der Waals surface area contributed by atoms with Crippen LogP contribution in [0.15, 0.2) is 66.2 Å². The van der Waals surface area contributed by atoms with Crippen LogP contribution in [-0.4, -0.2) is 84.1 Å². The van der Waals surface area contributed by atoms with Crippen molar-refractivity contribution in [1.29, 1.82) is 0 Å². The van der Waals surface area contributed by atoms with Crippen molar-refractivity contribution in [2.75, 3.05) is 20.8 Å². The number of alkyl carbamates (subject to hydrolysis) is 2. The molecule has 14 heteroatoms. The Hall–Kier alpha value is -4.53. The molecule has 0 saturated heterocycles. The number of amides is 4. The van der Waals surface area contributed by atoms with E-state index in [-0.39, 0.29) is 25.4 Å². The molecule has 50 heavy (non-hydrogen) atoms. The van der Waals surface area contributed by atoms with E-state index in [0.29, 0.717) is 6.42 Å². The average Bonchev–Trinajstić information content (AvgIpc) is 3.64. The zero-order valence-electron chi connectivity index (χ0n) is 29.8. The van der Waals surface area contributed by atoms with Crippen molar-refractivity contribution in [3.8, 4) is 10.6 Å². The van der Waals surface area contributed by atoms with Gasteiger partial charge >= 0.3 is 12.2 Å². The van der Waals surface area contributed by atoms with Gasteiger partial charge in [-0.3, -0.25) is 15.0 Å². The van der Waals surface area contributed by atoms with Crippen LogP contribution in [-0.2, 0) is 32.0 Å². The van der Waals surface area contributed by atoms with Gasteiger partial charge in [-0.15, -0.1) is 11.3 Å². The molecule has 5 atom stereocenters. The Morgan fingerprint density at radius 1 is 0.900 bits per heavy atom. The first-order valence-corrected chi connectivity index (χ1v) is 17.4. The highest BCUT2D eigenvalue weighted by Gasteiger charge is 2.35. The highest BCUT2D eigenvalue weighted by atomic mass is 32.1. The number of aliphatic hydroxyl groups excluding tert-OH is 1. The monoisotopic (exact) mass is 710 g/mol. The largest absolute Gasteiger partial charge is 0.453 e. The molecule has 0 radical (unpaired) electrons. The summed E-state index contributed by atoms with van der Waals surface area (Å²) in [5, 5.41) is 24.3. The number of ether oxygens (including phenoxy) is 2. The average molecular weight is 711 g/mol. The highest BCUT2D eigenvalue weighted by Crippen LogP contribution is 2.23. The molecule has 0 aliphatic rings. The van der Waals surface area contributed by atoms with Crippen molar-refractivity contribution in [2.45, 2.75) is 78.2 Å². The van der Waals surface area contributed by atoms with Crippen LogP contribution in [0.4, 0.5) is 9.59 Å².